The largest absolute Gasteiger partial charge is 0.481 e. The second kappa shape index (κ2) is 6.17. The molecule has 0 amide bonds. The van der Waals surface area contributed by atoms with Crippen LogP contribution in [-0.2, 0) is 23.9 Å². The number of aromatic nitrogens is 3. The number of alkyl halides is 3. The Morgan fingerprint density at radius 3 is 2.59 bits per heavy atom. The highest BCUT2D eigenvalue weighted by Crippen LogP contribution is 2.31. The van der Waals surface area contributed by atoms with E-state index >= 15 is 0 Å². The molecule has 2 rings (SSSR count). The van der Waals surface area contributed by atoms with Gasteiger partial charge in [-0.2, -0.15) is 13.2 Å². The van der Waals surface area contributed by atoms with Crippen LogP contribution in [0.5, 0.6) is 0 Å². The molecule has 0 aliphatic heterocycles. The Morgan fingerprint density at radius 1 is 1.32 bits per heavy atom. The van der Waals surface area contributed by atoms with Gasteiger partial charge in [0, 0.05) is 12.6 Å². The molecule has 0 bridgehead atoms. The van der Waals surface area contributed by atoms with Gasteiger partial charge in [-0.15, -0.1) is 5.10 Å². The summed E-state index contributed by atoms with van der Waals surface area (Å²) in [6.07, 6.45) is -2.81. The zero-order chi connectivity index (χ0) is 16.3. The zero-order valence-electron chi connectivity index (χ0n) is 11.8. The van der Waals surface area contributed by atoms with E-state index in [9.17, 15) is 18.0 Å². The lowest BCUT2D eigenvalue weighted by Crippen LogP contribution is -2.10. The maximum atomic E-state index is 12.8. The second-order valence-corrected chi connectivity index (χ2v) is 4.93. The van der Waals surface area contributed by atoms with Crippen LogP contribution in [0.15, 0.2) is 24.4 Å². The molecule has 1 aromatic carbocycles. The third-order valence-electron chi connectivity index (χ3n) is 3.13. The summed E-state index contributed by atoms with van der Waals surface area (Å²) in [5.41, 5.74) is 0.835. The van der Waals surface area contributed by atoms with E-state index in [0.717, 1.165) is 12.1 Å². The van der Waals surface area contributed by atoms with Gasteiger partial charge in [0.1, 0.15) is 0 Å². The fraction of sp³-hybridized carbons (Fsp3) is 0.357. The van der Waals surface area contributed by atoms with Crippen molar-refractivity contribution in [2.75, 3.05) is 0 Å². The molecular weight excluding hydrogens is 299 g/mol. The predicted octanol–water partition coefficient (Wildman–Crippen LogP) is 2.67. The number of carboxylic acid groups (broad SMARTS) is 1. The maximum absolute atomic E-state index is 12.8. The molecule has 22 heavy (non-hydrogen) atoms. The van der Waals surface area contributed by atoms with E-state index < -0.39 is 17.7 Å². The van der Waals surface area contributed by atoms with Gasteiger partial charge in [-0.3, -0.25) is 4.79 Å². The molecular formula is C14H14F3N3O2. The topological polar surface area (TPSA) is 68.0 Å². The lowest BCUT2D eigenvalue weighted by molar-refractivity contribution is -0.138. The standard InChI is InChI=1S/C14H14F3N3O2/c1-9-7-20(19-18-9)8-11-6-12(14(15,16)17)4-2-10(11)3-5-13(21)22/h2,4,6-7H,3,5,8H2,1H3,(H,21,22). The minimum absolute atomic E-state index is 0.111. The monoisotopic (exact) mass is 313 g/mol. The van der Waals surface area contributed by atoms with Crippen LogP contribution >= 0.6 is 0 Å². The van der Waals surface area contributed by atoms with Crippen LogP contribution in [0.1, 0.15) is 28.8 Å². The van der Waals surface area contributed by atoms with Crippen molar-refractivity contribution < 1.29 is 23.1 Å². The number of benzene rings is 1. The van der Waals surface area contributed by atoms with Crippen LogP contribution < -0.4 is 0 Å². The maximum Gasteiger partial charge on any atom is 0.416 e. The van der Waals surface area contributed by atoms with Crippen molar-refractivity contribution >= 4 is 5.97 Å². The molecule has 0 saturated carbocycles. The summed E-state index contributed by atoms with van der Waals surface area (Å²) in [6.45, 7) is 1.83. The Labute approximate surface area is 124 Å². The molecule has 0 radical (unpaired) electrons. The Hall–Kier alpha value is -2.38. The number of carbonyl (C=O) groups is 1. The number of halogens is 3. The summed E-state index contributed by atoms with van der Waals surface area (Å²) in [6, 6.07) is 3.33. The molecule has 1 heterocycles. The fourth-order valence-electron chi connectivity index (χ4n) is 2.08. The molecule has 0 atom stereocenters. The highest BCUT2D eigenvalue weighted by Gasteiger charge is 2.31. The molecule has 0 aliphatic rings. The van der Waals surface area contributed by atoms with Crippen LogP contribution in [0.3, 0.4) is 0 Å². The molecule has 1 N–H and O–H groups in total. The molecule has 1 aromatic heterocycles. The Bertz CT molecular complexity index is 680. The second-order valence-electron chi connectivity index (χ2n) is 4.93. The third kappa shape index (κ3) is 4.06. The van der Waals surface area contributed by atoms with Gasteiger partial charge in [0.25, 0.3) is 0 Å². The molecule has 0 spiro atoms. The lowest BCUT2D eigenvalue weighted by Gasteiger charge is -2.13. The molecule has 0 fully saturated rings. The molecule has 0 saturated heterocycles. The van der Waals surface area contributed by atoms with Crippen LogP contribution in [0.25, 0.3) is 0 Å². The van der Waals surface area contributed by atoms with Crippen molar-refractivity contribution in [1.82, 2.24) is 15.0 Å². The number of hydrogen-bond donors (Lipinski definition) is 1. The third-order valence-corrected chi connectivity index (χ3v) is 3.13. The molecule has 118 valence electrons. The summed E-state index contributed by atoms with van der Waals surface area (Å²) in [5.74, 6) is -0.998. The van der Waals surface area contributed by atoms with E-state index in [-0.39, 0.29) is 19.4 Å². The Balaban J connectivity index is 2.33. The minimum Gasteiger partial charge on any atom is -0.481 e. The van der Waals surface area contributed by atoms with E-state index in [2.05, 4.69) is 10.3 Å². The van der Waals surface area contributed by atoms with Crippen LogP contribution in [-0.4, -0.2) is 26.1 Å². The molecule has 0 unspecified atom stereocenters. The first-order chi connectivity index (χ1) is 10.3. The molecule has 2 aromatic rings. The van der Waals surface area contributed by atoms with Gasteiger partial charge < -0.3 is 5.11 Å². The number of rotatable bonds is 5. The number of aryl methyl sites for hydroxylation is 2. The van der Waals surface area contributed by atoms with Crippen molar-refractivity contribution in [2.45, 2.75) is 32.5 Å². The van der Waals surface area contributed by atoms with E-state index in [1.807, 2.05) is 0 Å². The van der Waals surface area contributed by atoms with Gasteiger partial charge in [-0.1, -0.05) is 11.3 Å². The van der Waals surface area contributed by atoms with E-state index in [4.69, 9.17) is 5.11 Å². The average molecular weight is 313 g/mol. The quantitative estimate of drug-likeness (QED) is 0.921. The fourth-order valence-corrected chi connectivity index (χ4v) is 2.08. The zero-order valence-corrected chi connectivity index (χ0v) is 11.8. The van der Waals surface area contributed by atoms with Gasteiger partial charge in [0.2, 0.25) is 0 Å². The Morgan fingerprint density at radius 2 is 2.05 bits per heavy atom. The first-order valence-corrected chi connectivity index (χ1v) is 6.53. The number of nitrogens with zero attached hydrogens (tertiary/aromatic N) is 3. The van der Waals surface area contributed by atoms with E-state index in [1.165, 1.54) is 10.7 Å². The summed E-state index contributed by atoms with van der Waals surface area (Å²) < 4.78 is 39.9. The van der Waals surface area contributed by atoms with Gasteiger partial charge in [-0.05, 0) is 36.6 Å². The highest BCUT2D eigenvalue weighted by molar-refractivity contribution is 5.67. The number of aliphatic carboxylic acids is 1. The number of carboxylic acids is 1. The normalized spacial score (nSPS) is 11.6. The van der Waals surface area contributed by atoms with Gasteiger partial charge >= 0.3 is 12.1 Å². The highest BCUT2D eigenvalue weighted by atomic mass is 19.4. The summed E-state index contributed by atoms with van der Waals surface area (Å²) in [7, 11) is 0. The first-order valence-electron chi connectivity index (χ1n) is 6.53. The van der Waals surface area contributed by atoms with E-state index in [1.54, 1.807) is 13.1 Å². The van der Waals surface area contributed by atoms with Crippen molar-refractivity contribution in [3.63, 3.8) is 0 Å². The average Bonchev–Trinajstić information content (AvgIpc) is 2.81. The van der Waals surface area contributed by atoms with Gasteiger partial charge in [0.15, 0.2) is 0 Å². The molecule has 8 heteroatoms. The summed E-state index contributed by atoms with van der Waals surface area (Å²) >= 11 is 0. The van der Waals surface area contributed by atoms with Crippen molar-refractivity contribution in [1.29, 1.82) is 0 Å². The smallest absolute Gasteiger partial charge is 0.416 e. The van der Waals surface area contributed by atoms with Gasteiger partial charge in [-0.25, -0.2) is 4.68 Å². The van der Waals surface area contributed by atoms with Crippen molar-refractivity contribution in [3.05, 3.63) is 46.8 Å². The summed E-state index contributed by atoms with van der Waals surface area (Å²) in [5, 5.41) is 16.3. The first kappa shape index (κ1) is 16.0. The van der Waals surface area contributed by atoms with Crippen molar-refractivity contribution in [3.8, 4) is 0 Å². The molecule has 0 aliphatic carbocycles. The SMILES string of the molecule is Cc1cn(Cc2cc(C(F)(F)F)ccc2CCC(=O)O)nn1. The minimum atomic E-state index is -4.45. The van der Waals surface area contributed by atoms with Crippen LogP contribution in [0.2, 0.25) is 0 Å². The Kier molecular flexibility index (Phi) is 4.48. The van der Waals surface area contributed by atoms with Crippen molar-refractivity contribution in [2.24, 2.45) is 0 Å². The predicted molar refractivity (Wildman–Crippen MR) is 71.3 cm³/mol. The van der Waals surface area contributed by atoms with Crippen LogP contribution in [0.4, 0.5) is 13.2 Å². The van der Waals surface area contributed by atoms with Crippen LogP contribution in [0, 0.1) is 6.92 Å². The number of hydrogen-bond acceptors (Lipinski definition) is 3. The summed E-state index contributed by atoms with van der Waals surface area (Å²) in [4.78, 5) is 10.7. The van der Waals surface area contributed by atoms with Gasteiger partial charge in [0.05, 0.1) is 17.8 Å². The van der Waals surface area contributed by atoms with E-state index in [0.29, 0.717) is 16.8 Å². The lowest BCUT2D eigenvalue weighted by atomic mass is 9.99. The molecule has 5 nitrogen and oxygen atoms in total.